The van der Waals surface area contributed by atoms with Crippen molar-refractivity contribution in [3.05, 3.63) is 110 Å². The molecule has 0 unspecified atom stereocenters. The van der Waals surface area contributed by atoms with Crippen molar-refractivity contribution in [3.63, 3.8) is 0 Å². The van der Waals surface area contributed by atoms with Crippen LogP contribution in [0.3, 0.4) is 0 Å². The first kappa shape index (κ1) is 21.4. The van der Waals surface area contributed by atoms with E-state index in [1.807, 2.05) is 0 Å². The van der Waals surface area contributed by atoms with Crippen LogP contribution < -0.4 is 5.56 Å². The number of carbonyl (C=O) groups is 2. The minimum Gasteiger partial charge on any atom is -0.478 e. The molecule has 0 aliphatic carbocycles. The molecule has 7 heteroatoms. The third-order valence-electron chi connectivity index (χ3n) is 4.93. The van der Waals surface area contributed by atoms with Crippen molar-refractivity contribution in [3.8, 4) is 11.1 Å². The van der Waals surface area contributed by atoms with Gasteiger partial charge in [-0.3, -0.25) is 9.59 Å². The zero-order chi connectivity index (χ0) is 22.8. The fourth-order valence-electron chi connectivity index (χ4n) is 3.47. The van der Waals surface area contributed by atoms with Gasteiger partial charge in [-0.1, -0.05) is 52.3 Å². The quantitative estimate of drug-likeness (QED) is 0.277. The monoisotopic (exact) mass is 491 g/mol. The average molecular weight is 492 g/mol. The molecule has 4 rings (SSSR count). The molecule has 1 aromatic heterocycles. The number of H-pyrrole nitrogens is 1. The van der Waals surface area contributed by atoms with Crippen LogP contribution in [0.15, 0.2) is 82.1 Å². The molecule has 5 nitrogen and oxygen atoms in total. The number of benzene rings is 3. The van der Waals surface area contributed by atoms with Crippen LogP contribution in [0.25, 0.3) is 28.1 Å². The van der Waals surface area contributed by atoms with Crippen molar-refractivity contribution < 1.29 is 19.1 Å². The number of pyridine rings is 1. The fourth-order valence-corrected chi connectivity index (χ4v) is 3.84. The smallest absolute Gasteiger partial charge is 0.335 e. The first-order chi connectivity index (χ1) is 15.3. The van der Waals surface area contributed by atoms with Crippen molar-refractivity contribution in [1.82, 2.24) is 4.98 Å². The topological polar surface area (TPSA) is 87.2 Å². The van der Waals surface area contributed by atoms with Gasteiger partial charge in [0.05, 0.1) is 11.1 Å². The van der Waals surface area contributed by atoms with Gasteiger partial charge in [0.25, 0.3) is 5.56 Å². The molecule has 0 spiro atoms. The largest absolute Gasteiger partial charge is 0.478 e. The Bertz CT molecular complexity index is 1470. The number of allylic oxidation sites excluding steroid dienone is 1. The van der Waals surface area contributed by atoms with Crippen LogP contribution in [0.2, 0.25) is 0 Å². The average Bonchev–Trinajstić information content (AvgIpc) is 2.77. The number of nitrogens with one attached hydrogen (secondary N) is 1. The first-order valence-corrected chi connectivity index (χ1v) is 10.3. The van der Waals surface area contributed by atoms with Gasteiger partial charge in [-0.2, -0.15) is 0 Å². The standard InChI is InChI=1S/C25H15BrFNO4/c26-16-9-10-20-18(13-16)22(17-6-1-2-7-19(17)27)23(24(30)28-20)21(29)11-8-14-4-3-5-15(12-14)25(31)32/h1-13H,(H,28,30)(H,31,32). The summed E-state index contributed by atoms with van der Waals surface area (Å²) >= 11 is 3.38. The van der Waals surface area contributed by atoms with Crippen LogP contribution in [-0.2, 0) is 0 Å². The van der Waals surface area contributed by atoms with Gasteiger partial charge in [0.1, 0.15) is 5.82 Å². The van der Waals surface area contributed by atoms with Gasteiger partial charge in [-0.15, -0.1) is 0 Å². The Labute approximate surface area is 190 Å². The Morgan fingerprint density at radius 3 is 2.53 bits per heavy atom. The van der Waals surface area contributed by atoms with Crippen LogP contribution >= 0.6 is 15.9 Å². The molecule has 4 aromatic rings. The summed E-state index contributed by atoms with van der Waals surface area (Å²) in [6.45, 7) is 0. The lowest BCUT2D eigenvalue weighted by Gasteiger charge is -2.12. The third-order valence-corrected chi connectivity index (χ3v) is 5.42. The molecule has 0 aliphatic heterocycles. The van der Waals surface area contributed by atoms with E-state index in [9.17, 15) is 18.8 Å². The van der Waals surface area contributed by atoms with E-state index in [4.69, 9.17) is 5.11 Å². The zero-order valence-corrected chi connectivity index (χ0v) is 18.0. The summed E-state index contributed by atoms with van der Waals surface area (Å²) in [5.74, 6) is -2.29. The van der Waals surface area contributed by atoms with Crippen LogP contribution in [0.4, 0.5) is 4.39 Å². The Morgan fingerprint density at radius 1 is 1.00 bits per heavy atom. The maximum atomic E-state index is 14.7. The van der Waals surface area contributed by atoms with Crippen molar-refractivity contribution in [1.29, 1.82) is 0 Å². The van der Waals surface area contributed by atoms with E-state index in [0.29, 0.717) is 20.9 Å². The molecule has 158 valence electrons. The Kier molecular flexibility index (Phi) is 5.83. The fraction of sp³-hybridized carbons (Fsp3) is 0. The molecule has 0 radical (unpaired) electrons. The third kappa shape index (κ3) is 4.15. The van der Waals surface area contributed by atoms with Gasteiger partial charge in [0.15, 0.2) is 5.78 Å². The molecule has 0 saturated heterocycles. The molecule has 2 N–H and O–H groups in total. The maximum Gasteiger partial charge on any atom is 0.335 e. The van der Waals surface area contributed by atoms with Gasteiger partial charge in [0, 0.05) is 26.5 Å². The zero-order valence-electron chi connectivity index (χ0n) is 16.4. The first-order valence-electron chi connectivity index (χ1n) is 9.51. The number of hydrogen-bond acceptors (Lipinski definition) is 3. The van der Waals surface area contributed by atoms with E-state index in [1.165, 1.54) is 42.5 Å². The highest BCUT2D eigenvalue weighted by molar-refractivity contribution is 9.10. The highest BCUT2D eigenvalue weighted by Crippen LogP contribution is 2.33. The molecule has 0 bridgehead atoms. The van der Waals surface area contributed by atoms with E-state index in [1.54, 1.807) is 36.4 Å². The second kappa shape index (κ2) is 8.72. The van der Waals surface area contributed by atoms with Crippen molar-refractivity contribution >= 4 is 44.7 Å². The number of aromatic nitrogens is 1. The van der Waals surface area contributed by atoms with E-state index >= 15 is 0 Å². The Hall–Kier alpha value is -3.84. The Morgan fingerprint density at radius 2 is 1.78 bits per heavy atom. The van der Waals surface area contributed by atoms with Crippen LogP contribution in [0.5, 0.6) is 0 Å². The number of aromatic carboxylic acids is 1. The molecule has 0 aliphatic rings. The molecule has 0 saturated carbocycles. The van der Waals surface area contributed by atoms with Crippen molar-refractivity contribution in [2.75, 3.05) is 0 Å². The summed E-state index contributed by atoms with van der Waals surface area (Å²) < 4.78 is 15.4. The molecular formula is C25H15BrFNO4. The van der Waals surface area contributed by atoms with Crippen molar-refractivity contribution in [2.24, 2.45) is 0 Å². The SMILES string of the molecule is O=C(O)c1cccc(C=CC(=O)c2c(-c3ccccc3F)c3cc(Br)ccc3[nH]c2=O)c1. The van der Waals surface area contributed by atoms with Gasteiger partial charge in [0.2, 0.25) is 0 Å². The summed E-state index contributed by atoms with van der Waals surface area (Å²) in [5.41, 5.74) is 0.485. The summed E-state index contributed by atoms with van der Waals surface area (Å²) in [4.78, 5) is 39.9. The number of halogens is 2. The van der Waals surface area contributed by atoms with Gasteiger partial charge in [-0.25, -0.2) is 9.18 Å². The number of carbonyl (C=O) groups excluding carboxylic acids is 1. The summed E-state index contributed by atoms with van der Waals surface area (Å²) in [6, 6.07) is 17.1. The summed E-state index contributed by atoms with van der Waals surface area (Å²) in [7, 11) is 0. The number of hydrogen-bond donors (Lipinski definition) is 2. The lowest BCUT2D eigenvalue weighted by molar-refractivity contribution is 0.0696. The van der Waals surface area contributed by atoms with E-state index < -0.39 is 23.1 Å². The minimum atomic E-state index is -1.09. The lowest BCUT2D eigenvalue weighted by Crippen LogP contribution is -2.19. The normalized spacial score (nSPS) is 11.2. The predicted octanol–water partition coefficient (Wildman–Crippen LogP) is 5.69. The molecule has 32 heavy (non-hydrogen) atoms. The maximum absolute atomic E-state index is 14.7. The number of fused-ring (bicyclic) bond motifs is 1. The minimum absolute atomic E-state index is 0.0695. The second-order valence-corrected chi connectivity index (χ2v) is 7.92. The number of aromatic amines is 1. The second-order valence-electron chi connectivity index (χ2n) is 7.00. The van der Waals surface area contributed by atoms with Gasteiger partial charge >= 0.3 is 5.97 Å². The number of rotatable bonds is 5. The molecular weight excluding hydrogens is 477 g/mol. The molecule has 1 heterocycles. The Balaban J connectivity index is 1.91. The molecule has 0 fully saturated rings. The highest BCUT2D eigenvalue weighted by Gasteiger charge is 2.21. The van der Waals surface area contributed by atoms with Crippen LogP contribution in [-0.4, -0.2) is 21.8 Å². The summed E-state index contributed by atoms with van der Waals surface area (Å²) in [5, 5.41) is 9.64. The van der Waals surface area contributed by atoms with Crippen LogP contribution in [0.1, 0.15) is 26.3 Å². The highest BCUT2D eigenvalue weighted by atomic mass is 79.9. The van der Waals surface area contributed by atoms with Crippen molar-refractivity contribution in [2.45, 2.75) is 0 Å². The number of carboxylic acids is 1. The van der Waals surface area contributed by atoms with E-state index in [2.05, 4.69) is 20.9 Å². The molecule has 0 amide bonds. The predicted molar refractivity (Wildman–Crippen MR) is 124 cm³/mol. The van der Waals surface area contributed by atoms with Crippen LogP contribution in [0, 0.1) is 5.82 Å². The summed E-state index contributed by atoms with van der Waals surface area (Å²) in [6.07, 6.45) is 2.60. The van der Waals surface area contributed by atoms with Gasteiger partial charge < -0.3 is 10.1 Å². The molecule has 3 aromatic carbocycles. The molecule has 0 atom stereocenters. The number of ketones is 1. The lowest BCUT2D eigenvalue weighted by atomic mass is 9.93. The number of carboxylic acid groups (broad SMARTS) is 1. The van der Waals surface area contributed by atoms with E-state index in [0.717, 1.165) is 0 Å². The van der Waals surface area contributed by atoms with E-state index in [-0.39, 0.29) is 22.3 Å². The van der Waals surface area contributed by atoms with Gasteiger partial charge in [-0.05, 0) is 48.0 Å².